The summed E-state index contributed by atoms with van der Waals surface area (Å²) in [4.78, 5) is 32.6. The first-order valence-electron chi connectivity index (χ1n) is 8.32. The van der Waals surface area contributed by atoms with E-state index in [1.807, 2.05) is 22.1 Å². The minimum absolute atomic E-state index is 0.0343. The molecule has 23 heavy (non-hydrogen) atoms. The van der Waals surface area contributed by atoms with Crippen molar-refractivity contribution < 1.29 is 9.59 Å². The van der Waals surface area contributed by atoms with Crippen LogP contribution in [0.25, 0.3) is 6.08 Å². The standard InChI is InChI=1S/C17H23N3O2S/c1-13-18-14(12-23-13)7-8-17(22)20-10-3-2-5-15(20)11-19-9-4-6-16(19)21/h7-8,12,15H,2-6,9-11H2,1H3/b8-7+. The molecule has 1 aromatic rings. The summed E-state index contributed by atoms with van der Waals surface area (Å²) in [5.74, 6) is 0.267. The summed E-state index contributed by atoms with van der Waals surface area (Å²) in [6.45, 7) is 4.27. The Morgan fingerprint density at radius 1 is 1.39 bits per heavy atom. The normalized spacial score (nSPS) is 22.3. The van der Waals surface area contributed by atoms with Gasteiger partial charge in [-0.05, 0) is 38.7 Å². The van der Waals surface area contributed by atoms with Crippen molar-refractivity contribution in [1.82, 2.24) is 14.8 Å². The van der Waals surface area contributed by atoms with E-state index >= 15 is 0 Å². The van der Waals surface area contributed by atoms with E-state index in [4.69, 9.17) is 0 Å². The lowest BCUT2D eigenvalue weighted by Crippen LogP contribution is -2.49. The van der Waals surface area contributed by atoms with Crippen LogP contribution >= 0.6 is 11.3 Å². The first kappa shape index (κ1) is 16.2. The van der Waals surface area contributed by atoms with Gasteiger partial charge in [0.1, 0.15) is 0 Å². The maximum atomic E-state index is 12.6. The number of carbonyl (C=O) groups excluding carboxylic acids is 2. The molecule has 124 valence electrons. The predicted molar refractivity (Wildman–Crippen MR) is 91.1 cm³/mol. The fraction of sp³-hybridized carbons (Fsp3) is 0.588. The van der Waals surface area contributed by atoms with Gasteiger partial charge in [-0.15, -0.1) is 11.3 Å². The summed E-state index contributed by atoms with van der Waals surface area (Å²) < 4.78 is 0. The third kappa shape index (κ3) is 3.99. The lowest BCUT2D eigenvalue weighted by molar-refractivity contribution is -0.134. The van der Waals surface area contributed by atoms with Crippen LogP contribution in [0.4, 0.5) is 0 Å². The lowest BCUT2D eigenvalue weighted by atomic mass is 10.0. The summed E-state index contributed by atoms with van der Waals surface area (Å²) in [6.07, 6.45) is 8.17. The number of likely N-dealkylation sites (tertiary alicyclic amines) is 2. The molecule has 3 rings (SSSR count). The summed E-state index contributed by atoms with van der Waals surface area (Å²) in [5.41, 5.74) is 0.837. The van der Waals surface area contributed by atoms with E-state index in [1.54, 1.807) is 23.5 Å². The average molecular weight is 333 g/mol. The highest BCUT2D eigenvalue weighted by Crippen LogP contribution is 2.21. The Balaban J connectivity index is 1.64. The quantitative estimate of drug-likeness (QED) is 0.796. The van der Waals surface area contributed by atoms with E-state index in [0.29, 0.717) is 13.0 Å². The van der Waals surface area contributed by atoms with Crippen molar-refractivity contribution >= 4 is 29.2 Å². The monoisotopic (exact) mass is 333 g/mol. The van der Waals surface area contributed by atoms with Crippen LogP contribution in [-0.2, 0) is 9.59 Å². The van der Waals surface area contributed by atoms with Crippen molar-refractivity contribution in [3.05, 3.63) is 22.2 Å². The molecule has 0 aliphatic carbocycles. The number of amides is 2. The van der Waals surface area contributed by atoms with E-state index in [-0.39, 0.29) is 17.9 Å². The third-order valence-electron chi connectivity index (χ3n) is 4.55. The number of aromatic nitrogens is 1. The van der Waals surface area contributed by atoms with Gasteiger partial charge in [-0.3, -0.25) is 9.59 Å². The predicted octanol–water partition coefficient (Wildman–Crippen LogP) is 2.47. The Hall–Kier alpha value is -1.69. The average Bonchev–Trinajstić information content (AvgIpc) is 3.14. The molecule has 5 nitrogen and oxygen atoms in total. The Kier molecular flexibility index (Phi) is 5.10. The van der Waals surface area contributed by atoms with Crippen LogP contribution in [0.5, 0.6) is 0 Å². The second kappa shape index (κ2) is 7.25. The topological polar surface area (TPSA) is 53.5 Å². The molecule has 1 aromatic heterocycles. The molecule has 1 atom stereocenters. The summed E-state index contributed by atoms with van der Waals surface area (Å²) in [7, 11) is 0. The third-order valence-corrected chi connectivity index (χ3v) is 5.34. The van der Waals surface area contributed by atoms with Gasteiger partial charge in [-0.25, -0.2) is 4.98 Å². The highest BCUT2D eigenvalue weighted by atomic mass is 32.1. The number of hydrogen-bond donors (Lipinski definition) is 0. The van der Waals surface area contributed by atoms with Gasteiger partial charge < -0.3 is 9.80 Å². The van der Waals surface area contributed by atoms with E-state index in [1.165, 1.54) is 0 Å². The number of carbonyl (C=O) groups is 2. The second-order valence-electron chi connectivity index (χ2n) is 6.25. The molecule has 2 amide bonds. The molecule has 6 heteroatoms. The van der Waals surface area contributed by atoms with Crippen LogP contribution in [0.3, 0.4) is 0 Å². The van der Waals surface area contributed by atoms with Crippen LogP contribution in [0, 0.1) is 6.92 Å². The van der Waals surface area contributed by atoms with Gasteiger partial charge in [-0.2, -0.15) is 0 Å². The van der Waals surface area contributed by atoms with Crippen molar-refractivity contribution in [3.8, 4) is 0 Å². The summed E-state index contributed by atoms with van der Waals surface area (Å²) >= 11 is 1.58. The molecule has 0 aromatic carbocycles. The minimum Gasteiger partial charge on any atom is -0.341 e. The largest absolute Gasteiger partial charge is 0.341 e. The Morgan fingerprint density at radius 3 is 2.96 bits per heavy atom. The first-order valence-corrected chi connectivity index (χ1v) is 9.20. The van der Waals surface area contributed by atoms with Crippen molar-refractivity contribution in [2.24, 2.45) is 0 Å². The van der Waals surface area contributed by atoms with Gasteiger partial charge in [0.05, 0.1) is 10.7 Å². The highest BCUT2D eigenvalue weighted by Gasteiger charge is 2.30. The summed E-state index contributed by atoms with van der Waals surface area (Å²) in [5, 5.41) is 2.95. The number of aryl methyl sites for hydroxylation is 1. The molecule has 1 unspecified atom stereocenters. The van der Waals surface area contributed by atoms with Gasteiger partial charge in [-0.1, -0.05) is 0 Å². The van der Waals surface area contributed by atoms with Crippen LogP contribution in [-0.4, -0.2) is 52.3 Å². The molecular weight excluding hydrogens is 310 g/mol. The molecule has 0 bridgehead atoms. The van der Waals surface area contributed by atoms with Gasteiger partial charge in [0.15, 0.2) is 0 Å². The van der Waals surface area contributed by atoms with Gasteiger partial charge >= 0.3 is 0 Å². The number of hydrogen-bond acceptors (Lipinski definition) is 4. The van der Waals surface area contributed by atoms with Gasteiger partial charge in [0.25, 0.3) is 0 Å². The molecule has 0 N–H and O–H groups in total. The molecule has 2 fully saturated rings. The maximum Gasteiger partial charge on any atom is 0.246 e. The van der Waals surface area contributed by atoms with E-state index in [9.17, 15) is 9.59 Å². The van der Waals surface area contributed by atoms with Gasteiger partial charge in [0.2, 0.25) is 11.8 Å². The zero-order chi connectivity index (χ0) is 16.2. The zero-order valence-electron chi connectivity index (χ0n) is 13.5. The molecule has 2 aliphatic rings. The smallest absolute Gasteiger partial charge is 0.246 e. The molecule has 3 heterocycles. The fourth-order valence-corrected chi connectivity index (χ4v) is 3.92. The lowest BCUT2D eigenvalue weighted by Gasteiger charge is -2.37. The van der Waals surface area contributed by atoms with Crippen LogP contribution in [0.1, 0.15) is 42.8 Å². The summed E-state index contributed by atoms with van der Waals surface area (Å²) in [6, 6.07) is 0.153. The van der Waals surface area contributed by atoms with Crippen molar-refractivity contribution in [2.75, 3.05) is 19.6 Å². The molecule has 0 radical (unpaired) electrons. The number of thiazole rings is 1. The molecule has 2 aliphatic heterocycles. The zero-order valence-corrected chi connectivity index (χ0v) is 14.3. The molecular formula is C17H23N3O2S. The fourth-order valence-electron chi connectivity index (χ4n) is 3.34. The Labute approximate surface area is 141 Å². The van der Waals surface area contributed by atoms with Crippen molar-refractivity contribution in [2.45, 2.75) is 45.1 Å². The molecule has 0 saturated carbocycles. The van der Waals surface area contributed by atoms with E-state index in [2.05, 4.69) is 4.98 Å². The van der Waals surface area contributed by atoms with Crippen molar-refractivity contribution in [3.63, 3.8) is 0 Å². The van der Waals surface area contributed by atoms with Crippen LogP contribution in [0.2, 0.25) is 0 Å². The van der Waals surface area contributed by atoms with Crippen LogP contribution < -0.4 is 0 Å². The van der Waals surface area contributed by atoms with E-state index < -0.39 is 0 Å². The molecule has 0 spiro atoms. The van der Waals surface area contributed by atoms with E-state index in [0.717, 1.165) is 49.5 Å². The Morgan fingerprint density at radius 2 is 2.26 bits per heavy atom. The number of nitrogens with zero attached hydrogens (tertiary/aromatic N) is 3. The molecule has 2 saturated heterocycles. The van der Waals surface area contributed by atoms with Crippen LogP contribution in [0.15, 0.2) is 11.5 Å². The maximum absolute atomic E-state index is 12.6. The SMILES string of the molecule is Cc1nc(/C=C/C(=O)N2CCCCC2CN2CCCC2=O)cs1. The first-order chi connectivity index (χ1) is 11.1. The highest BCUT2D eigenvalue weighted by molar-refractivity contribution is 7.09. The minimum atomic E-state index is 0.0343. The number of rotatable bonds is 4. The second-order valence-corrected chi connectivity index (χ2v) is 7.31. The van der Waals surface area contributed by atoms with Crippen molar-refractivity contribution in [1.29, 1.82) is 0 Å². The number of piperidine rings is 1. The Bertz CT molecular complexity index is 611. The van der Waals surface area contributed by atoms with Gasteiger partial charge in [0, 0.05) is 43.6 Å².